The Morgan fingerprint density at radius 1 is 1.21 bits per heavy atom. The molecule has 6 nitrogen and oxygen atoms in total. The molecule has 1 amide bonds. The topological polar surface area (TPSA) is 59.4 Å². The molecule has 1 saturated heterocycles. The summed E-state index contributed by atoms with van der Waals surface area (Å²) in [5, 5.41) is 15.4. The van der Waals surface area contributed by atoms with Gasteiger partial charge in [-0.25, -0.2) is 0 Å². The molecular formula is C17H21ClN4O2. The number of amides is 1. The second-order valence-electron chi connectivity index (χ2n) is 5.92. The number of rotatable bonds is 4. The molecule has 2 heterocycles. The lowest BCUT2D eigenvalue weighted by atomic mass is 10.1. The van der Waals surface area contributed by atoms with Gasteiger partial charge in [-0.05, 0) is 31.2 Å². The highest BCUT2D eigenvalue weighted by Crippen LogP contribution is 2.25. The molecule has 24 heavy (non-hydrogen) atoms. The standard InChI is InChI=1S/C17H21ClN4O2/c1-13-16(12-21-8-6-20(7-9-21)10-11-23)17(24)22(19-13)15-4-2-14(18)3-5-15/h2-5,12,23H,6-11H2,1H3/b16-12-. The van der Waals surface area contributed by atoms with Crippen LogP contribution in [0.3, 0.4) is 0 Å². The summed E-state index contributed by atoms with van der Waals surface area (Å²) in [5.74, 6) is -0.118. The van der Waals surface area contributed by atoms with E-state index in [4.69, 9.17) is 16.7 Å². The monoisotopic (exact) mass is 348 g/mol. The average molecular weight is 349 g/mol. The third-order valence-corrected chi connectivity index (χ3v) is 4.52. The Balaban J connectivity index is 1.70. The number of anilines is 1. The molecule has 1 N–H and O–H groups in total. The highest BCUT2D eigenvalue weighted by molar-refractivity contribution is 6.31. The van der Waals surface area contributed by atoms with E-state index in [2.05, 4.69) is 14.9 Å². The van der Waals surface area contributed by atoms with E-state index in [-0.39, 0.29) is 12.5 Å². The van der Waals surface area contributed by atoms with Gasteiger partial charge in [0.15, 0.2) is 0 Å². The zero-order valence-corrected chi connectivity index (χ0v) is 14.4. The van der Waals surface area contributed by atoms with Gasteiger partial charge < -0.3 is 10.0 Å². The maximum Gasteiger partial charge on any atom is 0.282 e. The summed E-state index contributed by atoms with van der Waals surface area (Å²) in [6, 6.07) is 7.06. The molecule has 0 atom stereocenters. The number of β-amino-alcohol motifs (C(OH)–C–C–N with tert-alkyl or cyclic N) is 1. The minimum Gasteiger partial charge on any atom is -0.395 e. The quantitative estimate of drug-likeness (QED) is 0.839. The summed E-state index contributed by atoms with van der Waals surface area (Å²) in [6.45, 7) is 6.18. The molecule has 1 fully saturated rings. The Morgan fingerprint density at radius 3 is 2.50 bits per heavy atom. The molecule has 0 spiro atoms. The summed E-state index contributed by atoms with van der Waals surface area (Å²) in [5.41, 5.74) is 2.05. The Kier molecular flexibility index (Phi) is 5.18. The lowest BCUT2D eigenvalue weighted by molar-refractivity contribution is -0.114. The summed E-state index contributed by atoms with van der Waals surface area (Å²) in [7, 11) is 0. The van der Waals surface area contributed by atoms with E-state index in [9.17, 15) is 4.79 Å². The number of benzene rings is 1. The normalized spacial score (nSPS) is 20.9. The van der Waals surface area contributed by atoms with Crippen molar-refractivity contribution in [2.75, 3.05) is 44.3 Å². The summed E-state index contributed by atoms with van der Waals surface area (Å²) in [4.78, 5) is 17.0. The van der Waals surface area contributed by atoms with E-state index in [1.54, 1.807) is 24.3 Å². The fourth-order valence-corrected chi connectivity index (χ4v) is 2.99. The smallest absolute Gasteiger partial charge is 0.282 e. The molecule has 2 aliphatic heterocycles. The molecular weight excluding hydrogens is 328 g/mol. The van der Waals surface area contributed by atoms with Crippen LogP contribution in [0, 0.1) is 0 Å². The van der Waals surface area contributed by atoms with Crippen LogP contribution in [0.2, 0.25) is 5.02 Å². The SMILES string of the molecule is CC1=NN(c2ccc(Cl)cc2)C(=O)/C1=C\N1CCN(CCO)CC1. The van der Waals surface area contributed by atoms with E-state index >= 15 is 0 Å². The second-order valence-corrected chi connectivity index (χ2v) is 6.36. The lowest BCUT2D eigenvalue weighted by Crippen LogP contribution is -2.45. The zero-order valence-electron chi connectivity index (χ0n) is 13.7. The molecule has 0 aromatic heterocycles. The molecule has 0 radical (unpaired) electrons. The Morgan fingerprint density at radius 2 is 1.88 bits per heavy atom. The van der Waals surface area contributed by atoms with Crippen molar-refractivity contribution in [3.05, 3.63) is 41.1 Å². The molecule has 0 aliphatic carbocycles. The first kappa shape index (κ1) is 17.0. The van der Waals surface area contributed by atoms with Crippen molar-refractivity contribution in [3.63, 3.8) is 0 Å². The molecule has 1 aromatic rings. The molecule has 0 saturated carbocycles. The van der Waals surface area contributed by atoms with Crippen molar-refractivity contribution < 1.29 is 9.90 Å². The van der Waals surface area contributed by atoms with Crippen LogP contribution in [-0.4, -0.2) is 65.9 Å². The predicted octanol–water partition coefficient (Wildman–Crippen LogP) is 1.56. The number of aliphatic hydroxyl groups is 1. The number of carbonyl (C=O) groups excluding carboxylic acids is 1. The summed E-state index contributed by atoms with van der Waals surface area (Å²) >= 11 is 5.90. The largest absolute Gasteiger partial charge is 0.395 e. The van der Waals surface area contributed by atoms with Crippen LogP contribution < -0.4 is 5.01 Å². The van der Waals surface area contributed by atoms with Gasteiger partial charge in [0.1, 0.15) is 0 Å². The molecule has 3 rings (SSSR count). The van der Waals surface area contributed by atoms with Gasteiger partial charge in [0.05, 0.1) is 23.6 Å². The molecule has 0 bridgehead atoms. The van der Waals surface area contributed by atoms with Crippen LogP contribution in [0.15, 0.2) is 41.1 Å². The van der Waals surface area contributed by atoms with Gasteiger partial charge in [0.2, 0.25) is 0 Å². The number of hydrazone groups is 1. The second kappa shape index (κ2) is 7.34. The van der Waals surface area contributed by atoms with E-state index in [1.807, 2.05) is 13.1 Å². The number of piperazine rings is 1. The van der Waals surface area contributed by atoms with Crippen molar-refractivity contribution in [1.29, 1.82) is 0 Å². The van der Waals surface area contributed by atoms with Gasteiger partial charge in [-0.15, -0.1) is 0 Å². The maximum absolute atomic E-state index is 12.7. The molecule has 1 aromatic carbocycles. The van der Waals surface area contributed by atoms with Gasteiger partial charge in [-0.1, -0.05) is 11.6 Å². The molecule has 0 unspecified atom stereocenters. The van der Waals surface area contributed by atoms with E-state index in [0.29, 0.717) is 28.5 Å². The van der Waals surface area contributed by atoms with E-state index < -0.39 is 0 Å². The number of halogens is 1. The summed E-state index contributed by atoms with van der Waals surface area (Å²) < 4.78 is 0. The third-order valence-electron chi connectivity index (χ3n) is 4.27. The van der Waals surface area contributed by atoms with Crippen molar-refractivity contribution >= 4 is 28.9 Å². The van der Waals surface area contributed by atoms with Gasteiger partial charge in [-0.3, -0.25) is 9.69 Å². The summed E-state index contributed by atoms with van der Waals surface area (Å²) in [6.07, 6.45) is 1.91. The fraction of sp³-hybridized carbons (Fsp3) is 0.412. The number of aliphatic hydroxyl groups excluding tert-OH is 1. The van der Waals surface area contributed by atoms with E-state index in [0.717, 1.165) is 26.2 Å². The first-order valence-corrected chi connectivity index (χ1v) is 8.41. The van der Waals surface area contributed by atoms with Gasteiger partial charge in [0.25, 0.3) is 5.91 Å². The van der Waals surface area contributed by atoms with Crippen molar-refractivity contribution in [2.45, 2.75) is 6.92 Å². The molecule has 2 aliphatic rings. The van der Waals surface area contributed by atoms with Crippen LogP contribution in [0.25, 0.3) is 0 Å². The number of carbonyl (C=O) groups is 1. The molecule has 128 valence electrons. The first-order chi connectivity index (χ1) is 11.6. The minimum atomic E-state index is -0.118. The van der Waals surface area contributed by atoms with Crippen LogP contribution >= 0.6 is 11.6 Å². The first-order valence-electron chi connectivity index (χ1n) is 8.03. The predicted molar refractivity (Wildman–Crippen MR) is 95.2 cm³/mol. The zero-order chi connectivity index (χ0) is 17.1. The lowest BCUT2D eigenvalue weighted by Gasteiger charge is -2.33. The highest BCUT2D eigenvalue weighted by atomic mass is 35.5. The maximum atomic E-state index is 12.7. The number of hydrogen-bond donors (Lipinski definition) is 1. The van der Waals surface area contributed by atoms with Gasteiger partial charge in [-0.2, -0.15) is 10.1 Å². The van der Waals surface area contributed by atoms with Crippen LogP contribution in [-0.2, 0) is 4.79 Å². The minimum absolute atomic E-state index is 0.118. The van der Waals surface area contributed by atoms with Crippen molar-refractivity contribution in [2.24, 2.45) is 5.10 Å². The van der Waals surface area contributed by atoms with Crippen LogP contribution in [0.1, 0.15) is 6.92 Å². The average Bonchev–Trinajstić information content (AvgIpc) is 2.86. The van der Waals surface area contributed by atoms with E-state index in [1.165, 1.54) is 5.01 Å². The Hall–Kier alpha value is -1.89. The third kappa shape index (κ3) is 3.61. The number of nitrogens with zero attached hydrogens (tertiary/aromatic N) is 4. The van der Waals surface area contributed by atoms with Gasteiger partial charge >= 0.3 is 0 Å². The highest BCUT2D eigenvalue weighted by Gasteiger charge is 2.29. The number of hydrogen-bond acceptors (Lipinski definition) is 5. The van der Waals surface area contributed by atoms with Crippen LogP contribution in [0.5, 0.6) is 0 Å². The van der Waals surface area contributed by atoms with Gasteiger partial charge in [0, 0.05) is 43.9 Å². The Labute approximate surface area is 146 Å². The fourth-order valence-electron chi connectivity index (χ4n) is 2.86. The molecule has 7 heteroatoms. The van der Waals surface area contributed by atoms with Crippen molar-refractivity contribution in [3.8, 4) is 0 Å². The Bertz CT molecular complexity index is 664. The van der Waals surface area contributed by atoms with Crippen LogP contribution in [0.4, 0.5) is 5.69 Å². The van der Waals surface area contributed by atoms with Crippen molar-refractivity contribution in [1.82, 2.24) is 9.80 Å².